The Labute approximate surface area is 63.7 Å². The molecule has 10 heavy (non-hydrogen) atoms. The molecular formula is C9H17N. The van der Waals surface area contributed by atoms with E-state index in [9.17, 15) is 0 Å². The SMILES string of the molecule is C/C=C/CN1C(C)CC1C. The summed E-state index contributed by atoms with van der Waals surface area (Å²) in [4.78, 5) is 2.51. The van der Waals surface area contributed by atoms with E-state index in [4.69, 9.17) is 0 Å². The molecule has 2 unspecified atom stereocenters. The first-order valence-electron chi connectivity index (χ1n) is 4.12. The second-order valence-electron chi connectivity index (χ2n) is 3.20. The first-order valence-corrected chi connectivity index (χ1v) is 4.12. The number of nitrogens with zero attached hydrogens (tertiary/aromatic N) is 1. The molecule has 1 rings (SSSR count). The van der Waals surface area contributed by atoms with Crippen molar-refractivity contribution in [2.75, 3.05) is 6.54 Å². The lowest BCUT2D eigenvalue weighted by molar-refractivity contribution is 0.0516. The number of hydrogen-bond acceptors (Lipinski definition) is 1. The van der Waals surface area contributed by atoms with Gasteiger partial charge in [0.15, 0.2) is 0 Å². The normalized spacial score (nSPS) is 34.7. The first-order chi connectivity index (χ1) is 4.75. The van der Waals surface area contributed by atoms with Gasteiger partial charge >= 0.3 is 0 Å². The molecule has 0 aromatic rings. The van der Waals surface area contributed by atoms with Gasteiger partial charge in [-0.3, -0.25) is 4.90 Å². The average Bonchev–Trinajstić information content (AvgIpc) is 1.89. The van der Waals surface area contributed by atoms with Crippen LogP contribution in [0, 0.1) is 0 Å². The van der Waals surface area contributed by atoms with Crippen LogP contribution in [0.5, 0.6) is 0 Å². The van der Waals surface area contributed by atoms with Crippen LogP contribution < -0.4 is 0 Å². The number of allylic oxidation sites excluding steroid dienone is 1. The van der Waals surface area contributed by atoms with Crippen molar-refractivity contribution in [3.05, 3.63) is 12.2 Å². The fourth-order valence-electron chi connectivity index (χ4n) is 1.65. The molecule has 0 bridgehead atoms. The molecule has 0 saturated carbocycles. The van der Waals surface area contributed by atoms with E-state index in [1.165, 1.54) is 6.42 Å². The highest BCUT2D eigenvalue weighted by atomic mass is 15.2. The fourth-order valence-corrected chi connectivity index (χ4v) is 1.65. The van der Waals surface area contributed by atoms with E-state index in [-0.39, 0.29) is 0 Å². The van der Waals surface area contributed by atoms with E-state index < -0.39 is 0 Å². The van der Waals surface area contributed by atoms with Crippen molar-refractivity contribution in [1.82, 2.24) is 4.90 Å². The molecule has 1 heteroatoms. The van der Waals surface area contributed by atoms with Gasteiger partial charge in [0.2, 0.25) is 0 Å². The van der Waals surface area contributed by atoms with Gasteiger partial charge in [-0.2, -0.15) is 0 Å². The van der Waals surface area contributed by atoms with Gasteiger partial charge in [0.1, 0.15) is 0 Å². The maximum absolute atomic E-state index is 2.51. The van der Waals surface area contributed by atoms with Crippen LogP contribution in [0.1, 0.15) is 27.2 Å². The standard InChI is InChI=1S/C9H17N/c1-4-5-6-10-8(2)7-9(10)3/h4-5,8-9H,6-7H2,1-3H3/b5-4+. The molecule has 2 atom stereocenters. The Morgan fingerprint density at radius 2 is 2.00 bits per heavy atom. The van der Waals surface area contributed by atoms with Crippen molar-refractivity contribution in [2.24, 2.45) is 0 Å². The molecule has 1 aliphatic heterocycles. The second kappa shape index (κ2) is 3.20. The molecule has 1 fully saturated rings. The van der Waals surface area contributed by atoms with Crippen LogP contribution >= 0.6 is 0 Å². The fraction of sp³-hybridized carbons (Fsp3) is 0.778. The van der Waals surface area contributed by atoms with Crippen LogP contribution in [-0.2, 0) is 0 Å². The topological polar surface area (TPSA) is 3.24 Å². The van der Waals surface area contributed by atoms with Crippen LogP contribution in [0.15, 0.2) is 12.2 Å². The highest BCUT2D eigenvalue weighted by molar-refractivity contribution is 4.92. The predicted octanol–water partition coefficient (Wildman–Crippen LogP) is 2.05. The summed E-state index contributed by atoms with van der Waals surface area (Å²) in [7, 11) is 0. The molecular weight excluding hydrogens is 122 g/mol. The van der Waals surface area contributed by atoms with Crippen molar-refractivity contribution in [2.45, 2.75) is 39.3 Å². The van der Waals surface area contributed by atoms with Crippen molar-refractivity contribution >= 4 is 0 Å². The molecule has 0 aromatic heterocycles. The monoisotopic (exact) mass is 139 g/mol. The molecule has 0 spiro atoms. The van der Waals surface area contributed by atoms with E-state index >= 15 is 0 Å². The molecule has 0 amide bonds. The maximum atomic E-state index is 2.51. The van der Waals surface area contributed by atoms with Gasteiger partial charge in [0.05, 0.1) is 0 Å². The van der Waals surface area contributed by atoms with E-state index in [0.29, 0.717) is 0 Å². The Hall–Kier alpha value is -0.300. The highest BCUT2D eigenvalue weighted by Gasteiger charge is 2.29. The zero-order chi connectivity index (χ0) is 7.56. The van der Waals surface area contributed by atoms with Crippen LogP contribution in [0.3, 0.4) is 0 Å². The highest BCUT2D eigenvalue weighted by Crippen LogP contribution is 2.23. The predicted molar refractivity (Wildman–Crippen MR) is 45.1 cm³/mol. The lowest BCUT2D eigenvalue weighted by Crippen LogP contribution is -2.52. The minimum absolute atomic E-state index is 0.811. The summed E-state index contributed by atoms with van der Waals surface area (Å²) in [5.41, 5.74) is 0. The Morgan fingerprint density at radius 1 is 1.40 bits per heavy atom. The van der Waals surface area contributed by atoms with E-state index in [1.54, 1.807) is 0 Å². The smallest absolute Gasteiger partial charge is 0.0168 e. The number of likely N-dealkylation sites (tertiary alicyclic amines) is 1. The summed E-state index contributed by atoms with van der Waals surface area (Å²) >= 11 is 0. The van der Waals surface area contributed by atoms with Gasteiger partial charge in [0.25, 0.3) is 0 Å². The quantitative estimate of drug-likeness (QED) is 0.529. The molecule has 0 N–H and O–H groups in total. The minimum Gasteiger partial charge on any atom is -0.294 e. The molecule has 1 aliphatic rings. The largest absolute Gasteiger partial charge is 0.294 e. The van der Waals surface area contributed by atoms with Gasteiger partial charge in [-0.1, -0.05) is 12.2 Å². The molecule has 0 radical (unpaired) electrons. The van der Waals surface area contributed by atoms with Gasteiger partial charge in [0, 0.05) is 18.6 Å². The van der Waals surface area contributed by atoms with Crippen molar-refractivity contribution in [3.8, 4) is 0 Å². The molecule has 1 heterocycles. The maximum Gasteiger partial charge on any atom is 0.0168 e. The van der Waals surface area contributed by atoms with E-state index in [1.807, 2.05) is 0 Å². The summed E-state index contributed by atoms with van der Waals surface area (Å²) < 4.78 is 0. The summed E-state index contributed by atoms with van der Waals surface area (Å²) in [6.07, 6.45) is 5.72. The second-order valence-corrected chi connectivity index (χ2v) is 3.20. The third-order valence-corrected chi connectivity index (χ3v) is 2.37. The number of hydrogen-bond donors (Lipinski definition) is 0. The van der Waals surface area contributed by atoms with Crippen LogP contribution in [-0.4, -0.2) is 23.5 Å². The van der Waals surface area contributed by atoms with Gasteiger partial charge in [-0.05, 0) is 27.2 Å². The summed E-state index contributed by atoms with van der Waals surface area (Å²) in [5, 5.41) is 0. The van der Waals surface area contributed by atoms with E-state index in [2.05, 4.69) is 37.8 Å². The molecule has 0 aliphatic carbocycles. The third kappa shape index (κ3) is 1.40. The van der Waals surface area contributed by atoms with Crippen molar-refractivity contribution < 1.29 is 0 Å². The van der Waals surface area contributed by atoms with Crippen LogP contribution in [0.25, 0.3) is 0 Å². The minimum atomic E-state index is 0.811. The summed E-state index contributed by atoms with van der Waals surface area (Å²) in [5.74, 6) is 0. The average molecular weight is 139 g/mol. The van der Waals surface area contributed by atoms with E-state index in [0.717, 1.165) is 18.6 Å². The lowest BCUT2D eigenvalue weighted by atomic mass is 9.96. The zero-order valence-electron chi connectivity index (χ0n) is 7.17. The van der Waals surface area contributed by atoms with Crippen LogP contribution in [0.2, 0.25) is 0 Å². The first kappa shape index (κ1) is 7.80. The lowest BCUT2D eigenvalue weighted by Gasteiger charge is -2.44. The molecule has 58 valence electrons. The van der Waals surface area contributed by atoms with Gasteiger partial charge < -0.3 is 0 Å². The Kier molecular flexibility index (Phi) is 2.50. The molecule has 0 aromatic carbocycles. The van der Waals surface area contributed by atoms with Gasteiger partial charge in [-0.15, -0.1) is 0 Å². The number of rotatable bonds is 2. The molecule has 1 nitrogen and oxygen atoms in total. The molecule has 1 saturated heterocycles. The van der Waals surface area contributed by atoms with Crippen molar-refractivity contribution in [1.29, 1.82) is 0 Å². The third-order valence-electron chi connectivity index (χ3n) is 2.37. The van der Waals surface area contributed by atoms with Gasteiger partial charge in [-0.25, -0.2) is 0 Å². The Morgan fingerprint density at radius 3 is 2.40 bits per heavy atom. The van der Waals surface area contributed by atoms with Crippen LogP contribution in [0.4, 0.5) is 0 Å². The van der Waals surface area contributed by atoms with Crippen molar-refractivity contribution in [3.63, 3.8) is 0 Å². The summed E-state index contributed by atoms with van der Waals surface area (Å²) in [6.45, 7) is 7.81. The Bertz CT molecular complexity index is 121. The Balaban J connectivity index is 2.26. The summed E-state index contributed by atoms with van der Waals surface area (Å²) in [6, 6.07) is 1.62. The zero-order valence-corrected chi connectivity index (χ0v) is 7.17.